The fourth-order valence-corrected chi connectivity index (χ4v) is 3.26. The number of halogens is 2. The lowest BCUT2D eigenvalue weighted by molar-refractivity contribution is 0.584. The van der Waals surface area contributed by atoms with E-state index in [0.29, 0.717) is 28.9 Å². The van der Waals surface area contributed by atoms with Gasteiger partial charge < -0.3 is 9.73 Å². The Labute approximate surface area is 173 Å². The molecule has 0 saturated heterocycles. The molecule has 4 aromatic rings. The van der Waals surface area contributed by atoms with Crippen LogP contribution in [-0.4, -0.2) is 10.2 Å². The smallest absolute Gasteiger partial charge is 0.249 e. The van der Waals surface area contributed by atoms with Crippen molar-refractivity contribution >= 4 is 28.9 Å². The molecule has 0 atom stereocenters. The van der Waals surface area contributed by atoms with Crippen molar-refractivity contribution in [3.63, 3.8) is 0 Å². The topological polar surface area (TPSA) is 51.0 Å². The van der Waals surface area contributed by atoms with E-state index >= 15 is 0 Å². The van der Waals surface area contributed by atoms with Crippen LogP contribution in [-0.2, 0) is 6.54 Å². The summed E-state index contributed by atoms with van der Waals surface area (Å²) in [6.45, 7) is 2.58. The summed E-state index contributed by atoms with van der Waals surface area (Å²) in [5.74, 6) is 0.850. The minimum Gasteiger partial charge on any atom is -0.416 e. The normalized spacial score (nSPS) is 10.8. The number of nitrogens with zero attached hydrogens (tertiary/aromatic N) is 2. The van der Waals surface area contributed by atoms with E-state index in [2.05, 4.69) is 15.5 Å². The van der Waals surface area contributed by atoms with Crippen LogP contribution in [0, 0.1) is 6.92 Å². The van der Waals surface area contributed by atoms with Crippen LogP contribution in [0.1, 0.15) is 11.1 Å². The highest BCUT2D eigenvalue weighted by Gasteiger charge is 2.15. The van der Waals surface area contributed by atoms with Crippen molar-refractivity contribution in [3.8, 4) is 22.9 Å². The number of hydrogen-bond donors (Lipinski definition) is 1. The van der Waals surface area contributed by atoms with Crippen molar-refractivity contribution in [2.24, 2.45) is 0 Å². The lowest BCUT2D eigenvalue weighted by Crippen LogP contribution is -2.01. The van der Waals surface area contributed by atoms with Gasteiger partial charge in [-0.05, 0) is 48.4 Å². The summed E-state index contributed by atoms with van der Waals surface area (Å²) in [6, 6.07) is 21.2. The Kier molecular flexibility index (Phi) is 5.33. The van der Waals surface area contributed by atoms with Gasteiger partial charge in [0, 0.05) is 22.8 Å². The number of nitrogens with one attached hydrogen (secondary N) is 1. The third-order valence-electron chi connectivity index (χ3n) is 4.43. The van der Waals surface area contributed by atoms with Crippen LogP contribution in [0.2, 0.25) is 10.0 Å². The first-order valence-electron chi connectivity index (χ1n) is 8.78. The third kappa shape index (κ3) is 3.88. The summed E-state index contributed by atoms with van der Waals surface area (Å²) in [6.07, 6.45) is 0. The number of aromatic nitrogens is 2. The lowest BCUT2D eigenvalue weighted by Gasteiger charge is -2.10. The maximum Gasteiger partial charge on any atom is 0.249 e. The van der Waals surface area contributed by atoms with Gasteiger partial charge in [0.25, 0.3) is 0 Å². The summed E-state index contributed by atoms with van der Waals surface area (Å²) in [7, 11) is 0. The number of hydrogen-bond acceptors (Lipinski definition) is 4. The second-order valence-corrected chi connectivity index (χ2v) is 7.18. The van der Waals surface area contributed by atoms with E-state index in [1.165, 1.54) is 0 Å². The van der Waals surface area contributed by atoms with Crippen molar-refractivity contribution < 1.29 is 4.42 Å². The highest BCUT2D eigenvalue weighted by Crippen LogP contribution is 2.30. The summed E-state index contributed by atoms with van der Waals surface area (Å²) in [4.78, 5) is 0. The molecule has 0 spiro atoms. The van der Waals surface area contributed by atoms with E-state index in [9.17, 15) is 0 Å². The highest BCUT2D eigenvalue weighted by atomic mass is 35.5. The number of anilines is 1. The van der Waals surface area contributed by atoms with Gasteiger partial charge in [-0.2, -0.15) is 0 Å². The molecule has 0 bridgehead atoms. The molecule has 3 aromatic carbocycles. The number of benzene rings is 3. The van der Waals surface area contributed by atoms with Crippen LogP contribution in [0.15, 0.2) is 71.1 Å². The molecule has 0 radical (unpaired) electrons. The Morgan fingerprint density at radius 1 is 0.821 bits per heavy atom. The van der Waals surface area contributed by atoms with Gasteiger partial charge in [0.1, 0.15) is 0 Å². The predicted molar refractivity (Wildman–Crippen MR) is 114 cm³/mol. The van der Waals surface area contributed by atoms with Gasteiger partial charge in [-0.25, -0.2) is 0 Å². The molecule has 0 aliphatic rings. The Morgan fingerprint density at radius 2 is 1.50 bits per heavy atom. The molecule has 28 heavy (non-hydrogen) atoms. The molecule has 0 saturated carbocycles. The van der Waals surface area contributed by atoms with Crippen molar-refractivity contribution in [1.82, 2.24) is 10.2 Å². The van der Waals surface area contributed by atoms with E-state index < -0.39 is 0 Å². The van der Waals surface area contributed by atoms with Gasteiger partial charge in [0.2, 0.25) is 11.8 Å². The van der Waals surface area contributed by atoms with Crippen LogP contribution in [0.25, 0.3) is 22.9 Å². The summed E-state index contributed by atoms with van der Waals surface area (Å²) < 4.78 is 5.91. The molecule has 6 heteroatoms. The van der Waals surface area contributed by atoms with Crippen LogP contribution in [0.3, 0.4) is 0 Å². The molecular weight excluding hydrogens is 393 g/mol. The minimum absolute atomic E-state index is 0.397. The Morgan fingerprint density at radius 3 is 2.25 bits per heavy atom. The van der Waals surface area contributed by atoms with Crippen LogP contribution >= 0.6 is 23.2 Å². The van der Waals surface area contributed by atoms with Crippen LogP contribution in [0.4, 0.5) is 5.69 Å². The molecule has 0 aliphatic carbocycles. The third-order valence-corrected chi connectivity index (χ3v) is 5.17. The minimum atomic E-state index is 0.397. The molecule has 4 nitrogen and oxygen atoms in total. The second-order valence-electron chi connectivity index (χ2n) is 6.37. The fourth-order valence-electron chi connectivity index (χ4n) is 2.86. The van der Waals surface area contributed by atoms with Crippen LogP contribution in [0.5, 0.6) is 0 Å². The molecule has 0 unspecified atom stereocenters. The molecule has 1 heterocycles. The van der Waals surface area contributed by atoms with Crippen molar-refractivity contribution in [2.45, 2.75) is 13.5 Å². The lowest BCUT2D eigenvalue weighted by atomic mass is 10.1. The Bertz CT molecular complexity index is 1120. The molecule has 1 aromatic heterocycles. The zero-order valence-electron chi connectivity index (χ0n) is 15.1. The Balaban J connectivity index is 1.60. The van der Waals surface area contributed by atoms with Gasteiger partial charge in [-0.15, -0.1) is 10.2 Å². The predicted octanol–water partition coefficient (Wildman–Crippen LogP) is 6.63. The number of aryl methyl sites for hydroxylation is 1. The molecular formula is C22H17Cl2N3O. The zero-order valence-corrected chi connectivity index (χ0v) is 16.6. The highest BCUT2D eigenvalue weighted by molar-refractivity contribution is 6.33. The molecule has 0 amide bonds. The van der Waals surface area contributed by atoms with E-state index in [-0.39, 0.29) is 0 Å². The first-order chi connectivity index (χ1) is 13.6. The zero-order chi connectivity index (χ0) is 19.5. The van der Waals surface area contributed by atoms with Gasteiger partial charge in [-0.1, -0.05) is 59.6 Å². The van der Waals surface area contributed by atoms with Gasteiger partial charge in [0.05, 0.1) is 10.6 Å². The Hall–Kier alpha value is -2.82. The molecule has 4 rings (SSSR count). The van der Waals surface area contributed by atoms with E-state index in [0.717, 1.165) is 27.4 Å². The summed E-state index contributed by atoms with van der Waals surface area (Å²) >= 11 is 12.5. The van der Waals surface area contributed by atoms with Crippen LogP contribution < -0.4 is 5.32 Å². The fraction of sp³-hybridized carbons (Fsp3) is 0.0909. The maximum atomic E-state index is 6.24. The molecule has 0 fully saturated rings. The maximum absolute atomic E-state index is 6.24. The van der Waals surface area contributed by atoms with Gasteiger partial charge >= 0.3 is 0 Å². The van der Waals surface area contributed by atoms with E-state index in [4.69, 9.17) is 27.6 Å². The molecule has 1 N–H and O–H groups in total. The molecule has 140 valence electrons. The molecule has 0 aliphatic heterocycles. The second kappa shape index (κ2) is 8.05. The van der Waals surface area contributed by atoms with E-state index in [1.54, 1.807) is 6.07 Å². The van der Waals surface area contributed by atoms with Gasteiger partial charge in [0.15, 0.2) is 0 Å². The standard InChI is InChI=1S/C22H17Cl2N3O/c1-14-10-11-16(12-20(14)24)25-13-15-6-2-3-7-17(15)21-26-27-22(28-21)18-8-4-5-9-19(18)23/h2-12,25H,13H2,1H3. The largest absolute Gasteiger partial charge is 0.416 e. The quantitative estimate of drug-likeness (QED) is 0.401. The van der Waals surface area contributed by atoms with Crippen molar-refractivity contribution in [1.29, 1.82) is 0 Å². The van der Waals surface area contributed by atoms with Gasteiger partial charge in [-0.3, -0.25) is 0 Å². The van der Waals surface area contributed by atoms with E-state index in [1.807, 2.05) is 67.6 Å². The summed E-state index contributed by atoms with van der Waals surface area (Å²) in [5, 5.41) is 13.1. The first-order valence-corrected chi connectivity index (χ1v) is 9.54. The monoisotopic (exact) mass is 409 g/mol. The SMILES string of the molecule is Cc1ccc(NCc2ccccc2-c2nnc(-c3ccccc3Cl)o2)cc1Cl. The van der Waals surface area contributed by atoms with Crippen molar-refractivity contribution in [2.75, 3.05) is 5.32 Å². The summed E-state index contributed by atoms with van der Waals surface area (Å²) in [5.41, 5.74) is 4.62. The average Bonchev–Trinajstić information content (AvgIpc) is 3.19. The first kappa shape index (κ1) is 18.5. The number of rotatable bonds is 5. The average molecular weight is 410 g/mol. The van der Waals surface area contributed by atoms with Crippen molar-refractivity contribution in [3.05, 3.63) is 87.9 Å².